The van der Waals surface area contributed by atoms with Crippen LogP contribution in [0, 0.1) is 6.92 Å². The Morgan fingerprint density at radius 3 is 2.84 bits per heavy atom. The maximum absolute atomic E-state index is 5.89. The van der Waals surface area contributed by atoms with Gasteiger partial charge in [0.15, 0.2) is 5.11 Å². The van der Waals surface area contributed by atoms with Crippen LogP contribution >= 0.6 is 12.2 Å². The number of morpholine rings is 1. The summed E-state index contributed by atoms with van der Waals surface area (Å²) in [6, 6.07) is 18.8. The zero-order chi connectivity index (χ0) is 17.5. The minimum absolute atomic E-state index is 0.185. The molecule has 1 aliphatic rings. The van der Waals surface area contributed by atoms with Gasteiger partial charge in [0.2, 0.25) is 0 Å². The van der Waals surface area contributed by atoms with Crippen LogP contribution in [0.3, 0.4) is 0 Å². The van der Waals surface area contributed by atoms with E-state index in [1.165, 1.54) is 11.1 Å². The number of anilines is 1. The number of ether oxygens (including phenoxy) is 1. The number of hydrogen-bond donors (Lipinski definition) is 3. The molecule has 1 saturated heterocycles. The van der Waals surface area contributed by atoms with E-state index < -0.39 is 0 Å². The van der Waals surface area contributed by atoms with Crippen molar-refractivity contribution in [1.29, 1.82) is 0 Å². The summed E-state index contributed by atoms with van der Waals surface area (Å²) in [5, 5.41) is 7.16. The van der Waals surface area contributed by atoms with E-state index in [-0.39, 0.29) is 6.10 Å². The molecule has 1 aliphatic heterocycles. The predicted octanol–water partition coefficient (Wildman–Crippen LogP) is 1.77. The second-order valence-corrected chi connectivity index (χ2v) is 6.97. The average molecular weight is 357 g/mol. The smallest absolute Gasteiger partial charge is 0.170 e. The van der Waals surface area contributed by atoms with E-state index in [2.05, 4.69) is 60.0 Å². The Balaban J connectivity index is 1.44. The van der Waals surface area contributed by atoms with E-state index in [4.69, 9.17) is 17.0 Å². The van der Waals surface area contributed by atoms with Crippen molar-refractivity contribution in [3.8, 4) is 0 Å². The van der Waals surface area contributed by atoms with E-state index in [0.717, 1.165) is 38.5 Å². The van der Waals surface area contributed by atoms with E-state index in [0.29, 0.717) is 5.11 Å². The highest BCUT2D eigenvalue weighted by Gasteiger charge is 2.23. The Morgan fingerprint density at radius 1 is 1.20 bits per heavy atom. The molecule has 1 heterocycles. The molecule has 2 aromatic carbocycles. The van der Waals surface area contributed by atoms with Crippen molar-refractivity contribution < 1.29 is 9.64 Å². The molecular weight excluding hydrogens is 330 g/mol. The average Bonchev–Trinajstić information content (AvgIpc) is 2.61. The van der Waals surface area contributed by atoms with Crippen LogP contribution in [0.4, 0.5) is 5.69 Å². The van der Waals surface area contributed by atoms with Crippen LogP contribution < -0.4 is 15.5 Å². The van der Waals surface area contributed by atoms with Crippen LogP contribution in [0.1, 0.15) is 11.1 Å². The standard InChI is InChI=1S/C20H25N3OS/c1-16-6-5-9-18(12-16)22-20(25)21-13-19-15-23(10-11-24-19)14-17-7-3-2-4-8-17/h2-9,12,19H,10-11,13-15H2,1H3,(H2,21,22,25)/p+1/t19-/m0/s1. The molecule has 25 heavy (non-hydrogen) atoms. The van der Waals surface area contributed by atoms with Gasteiger partial charge in [0.05, 0.1) is 6.61 Å². The summed E-state index contributed by atoms with van der Waals surface area (Å²) in [5.41, 5.74) is 3.60. The van der Waals surface area contributed by atoms with Crippen molar-refractivity contribution in [2.75, 3.05) is 31.6 Å². The molecule has 0 bridgehead atoms. The first-order chi connectivity index (χ1) is 12.2. The first-order valence-electron chi connectivity index (χ1n) is 8.79. The first-order valence-corrected chi connectivity index (χ1v) is 9.20. The molecule has 2 atom stereocenters. The molecular formula is C20H26N3OS+. The summed E-state index contributed by atoms with van der Waals surface area (Å²) >= 11 is 5.40. The van der Waals surface area contributed by atoms with Crippen LogP contribution in [0.15, 0.2) is 54.6 Å². The number of hydrogen-bond acceptors (Lipinski definition) is 2. The molecule has 1 unspecified atom stereocenters. The van der Waals surface area contributed by atoms with Crippen LogP contribution in [0.25, 0.3) is 0 Å². The maximum Gasteiger partial charge on any atom is 0.170 e. The summed E-state index contributed by atoms with van der Waals surface area (Å²) in [7, 11) is 0. The summed E-state index contributed by atoms with van der Waals surface area (Å²) in [6.07, 6.45) is 0.185. The third-order valence-corrected chi connectivity index (χ3v) is 4.64. The van der Waals surface area contributed by atoms with Crippen molar-refractivity contribution in [1.82, 2.24) is 5.32 Å². The largest absolute Gasteiger partial charge is 0.365 e. The third kappa shape index (κ3) is 5.81. The second kappa shape index (κ2) is 8.94. The van der Waals surface area contributed by atoms with Gasteiger partial charge in [-0.1, -0.05) is 42.5 Å². The van der Waals surface area contributed by atoms with E-state index in [1.54, 1.807) is 4.90 Å². The zero-order valence-corrected chi connectivity index (χ0v) is 15.4. The Kier molecular flexibility index (Phi) is 6.39. The molecule has 0 spiro atoms. The molecule has 0 aromatic heterocycles. The number of nitrogens with one attached hydrogen (secondary N) is 3. The SMILES string of the molecule is Cc1cccc(NC(=S)NC[C@H]2C[NH+](Cc3ccccc3)CCO2)c1. The highest BCUT2D eigenvalue weighted by atomic mass is 32.1. The van der Waals surface area contributed by atoms with Crippen molar-refractivity contribution in [3.05, 3.63) is 65.7 Å². The van der Waals surface area contributed by atoms with Gasteiger partial charge in [-0.05, 0) is 36.8 Å². The van der Waals surface area contributed by atoms with Gasteiger partial charge in [-0.15, -0.1) is 0 Å². The number of benzene rings is 2. The molecule has 4 nitrogen and oxygen atoms in total. The van der Waals surface area contributed by atoms with Gasteiger partial charge in [-0.25, -0.2) is 0 Å². The molecule has 0 radical (unpaired) electrons. The summed E-state index contributed by atoms with van der Waals surface area (Å²) in [5.74, 6) is 0. The van der Waals surface area contributed by atoms with Gasteiger partial charge in [0, 0.05) is 17.8 Å². The Hall–Kier alpha value is -1.95. The topological polar surface area (TPSA) is 37.7 Å². The number of rotatable bonds is 5. The monoisotopic (exact) mass is 356 g/mol. The van der Waals surface area contributed by atoms with Crippen molar-refractivity contribution in [2.45, 2.75) is 19.6 Å². The first kappa shape index (κ1) is 17.9. The second-order valence-electron chi connectivity index (χ2n) is 6.56. The molecule has 1 fully saturated rings. The maximum atomic E-state index is 5.89. The third-order valence-electron chi connectivity index (χ3n) is 4.39. The summed E-state index contributed by atoms with van der Waals surface area (Å²) < 4.78 is 5.89. The van der Waals surface area contributed by atoms with Gasteiger partial charge >= 0.3 is 0 Å². The van der Waals surface area contributed by atoms with Crippen LogP contribution in [0.5, 0.6) is 0 Å². The highest BCUT2D eigenvalue weighted by molar-refractivity contribution is 7.80. The zero-order valence-electron chi connectivity index (χ0n) is 14.6. The molecule has 0 saturated carbocycles. The van der Waals surface area contributed by atoms with Crippen molar-refractivity contribution in [3.63, 3.8) is 0 Å². The highest BCUT2D eigenvalue weighted by Crippen LogP contribution is 2.09. The lowest BCUT2D eigenvalue weighted by Crippen LogP contribution is -3.13. The Labute approximate surface area is 155 Å². The molecule has 132 valence electrons. The van der Waals surface area contributed by atoms with Crippen molar-refractivity contribution in [2.24, 2.45) is 0 Å². The fraction of sp³-hybridized carbons (Fsp3) is 0.350. The van der Waals surface area contributed by atoms with Gasteiger partial charge in [-0.2, -0.15) is 0 Å². The number of quaternary nitrogens is 1. The minimum atomic E-state index is 0.185. The molecule has 0 amide bonds. The van der Waals surface area contributed by atoms with Crippen LogP contribution in [0.2, 0.25) is 0 Å². The van der Waals surface area contributed by atoms with Gasteiger partial charge in [0.25, 0.3) is 0 Å². The molecule has 3 N–H and O–H groups in total. The van der Waals surface area contributed by atoms with Gasteiger partial charge in [-0.3, -0.25) is 0 Å². The van der Waals surface area contributed by atoms with Crippen LogP contribution in [-0.2, 0) is 11.3 Å². The van der Waals surface area contributed by atoms with Gasteiger partial charge < -0.3 is 20.3 Å². The summed E-state index contributed by atoms with van der Waals surface area (Å²) in [4.78, 5) is 1.56. The molecule has 2 aromatic rings. The fourth-order valence-electron chi connectivity index (χ4n) is 3.13. The number of aryl methyl sites for hydroxylation is 1. The lowest BCUT2D eigenvalue weighted by molar-refractivity contribution is -0.925. The number of thiocarbonyl (C=S) groups is 1. The summed E-state index contributed by atoms with van der Waals surface area (Å²) in [6.45, 7) is 6.70. The normalized spacial score (nSPS) is 20.0. The molecule has 5 heteroatoms. The molecule has 3 rings (SSSR count). The van der Waals surface area contributed by atoms with E-state index in [1.807, 2.05) is 12.1 Å². The van der Waals surface area contributed by atoms with E-state index >= 15 is 0 Å². The predicted molar refractivity (Wildman–Crippen MR) is 106 cm³/mol. The van der Waals surface area contributed by atoms with Gasteiger partial charge in [0.1, 0.15) is 25.7 Å². The van der Waals surface area contributed by atoms with Crippen molar-refractivity contribution >= 4 is 23.0 Å². The van der Waals surface area contributed by atoms with E-state index in [9.17, 15) is 0 Å². The molecule has 0 aliphatic carbocycles. The van der Waals surface area contributed by atoms with Crippen LogP contribution in [-0.4, -0.2) is 37.5 Å². The lowest BCUT2D eigenvalue weighted by Gasteiger charge is -2.30. The fourth-order valence-corrected chi connectivity index (χ4v) is 3.33. The Bertz CT molecular complexity index is 692. The lowest BCUT2D eigenvalue weighted by atomic mass is 10.2. The quantitative estimate of drug-likeness (QED) is 0.714. The Morgan fingerprint density at radius 2 is 2.04 bits per heavy atom. The minimum Gasteiger partial charge on any atom is -0.365 e.